The first-order chi connectivity index (χ1) is 25.2. The maximum Gasteiger partial charge on any atom is 0.246 e. The summed E-state index contributed by atoms with van der Waals surface area (Å²) in [6.07, 6.45) is 6.02. The Morgan fingerprint density at radius 1 is 0.769 bits per heavy atom. The van der Waals surface area contributed by atoms with E-state index in [-0.39, 0.29) is 11.7 Å². The number of hydrogen-bond donors (Lipinski definition) is 0. The van der Waals surface area contributed by atoms with Crippen molar-refractivity contribution < 1.29 is 23.4 Å². The molecule has 52 heavy (non-hydrogen) atoms. The highest BCUT2D eigenvalue weighted by Crippen LogP contribution is 2.30. The number of pyridine rings is 1. The number of hydrogen-bond acceptors (Lipinski definition) is 6. The first kappa shape index (κ1) is 36.3. The van der Waals surface area contributed by atoms with Crippen molar-refractivity contribution in [3.8, 4) is 23.1 Å². The van der Waals surface area contributed by atoms with Gasteiger partial charge in [-0.25, -0.2) is 9.37 Å². The van der Waals surface area contributed by atoms with Gasteiger partial charge in [0.05, 0.1) is 12.8 Å². The predicted molar refractivity (Wildman–Crippen MR) is 203 cm³/mol. The molecule has 1 aliphatic rings. The molecule has 0 aliphatic carbocycles. The van der Waals surface area contributed by atoms with Crippen LogP contribution in [0.15, 0.2) is 103 Å². The molecule has 1 amide bonds. The molecule has 1 saturated heterocycles. The van der Waals surface area contributed by atoms with Crippen molar-refractivity contribution in [2.24, 2.45) is 0 Å². The number of aromatic nitrogens is 1. The Balaban J connectivity index is 0.944. The zero-order chi connectivity index (χ0) is 36.5. The number of halogens is 1. The molecule has 5 aromatic rings. The van der Waals surface area contributed by atoms with Gasteiger partial charge in [0.2, 0.25) is 11.8 Å². The van der Waals surface area contributed by atoms with Gasteiger partial charge in [-0.05, 0) is 115 Å². The lowest BCUT2D eigenvalue weighted by atomic mass is 10.0. The minimum Gasteiger partial charge on any atom is -0.493 e. The van der Waals surface area contributed by atoms with Gasteiger partial charge in [0.15, 0.2) is 0 Å². The molecule has 0 atom stereocenters. The van der Waals surface area contributed by atoms with Crippen molar-refractivity contribution in [3.05, 3.63) is 154 Å². The molecule has 0 saturated carbocycles. The molecule has 0 spiro atoms. The Morgan fingerprint density at radius 3 is 2.13 bits per heavy atom. The van der Waals surface area contributed by atoms with E-state index in [4.69, 9.17) is 14.2 Å². The third-order valence-electron chi connectivity index (χ3n) is 9.29. The molecule has 1 aliphatic heterocycles. The molecule has 2 heterocycles. The number of rotatable bonds is 13. The van der Waals surface area contributed by atoms with Crippen LogP contribution < -0.4 is 14.2 Å². The summed E-state index contributed by atoms with van der Waals surface area (Å²) in [7, 11) is 0. The second-order valence-corrected chi connectivity index (χ2v) is 13.4. The van der Waals surface area contributed by atoms with Crippen LogP contribution in [-0.2, 0) is 24.4 Å². The first-order valence-electron chi connectivity index (χ1n) is 17.8. The molecular weight excluding hydrogens is 653 g/mol. The van der Waals surface area contributed by atoms with Crippen LogP contribution >= 0.6 is 0 Å². The second-order valence-electron chi connectivity index (χ2n) is 13.4. The monoisotopic (exact) mass is 699 g/mol. The fourth-order valence-electron chi connectivity index (χ4n) is 6.31. The predicted octanol–water partition coefficient (Wildman–Crippen LogP) is 8.80. The second kappa shape index (κ2) is 17.2. The summed E-state index contributed by atoms with van der Waals surface area (Å²) in [6, 6.07) is 28.7. The zero-order valence-corrected chi connectivity index (χ0v) is 30.4. The lowest BCUT2D eigenvalue weighted by molar-refractivity contribution is -0.127. The third kappa shape index (κ3) is 10.1. The molecule has 0 bridgehead atoms. The SMILES string of the molecule is Cc1ccc(OCCc2ccc(CN3CCN(C(=O)C=Cc4cc(C)c(Oc5ccc(OCc6ccc(F)cc6)cn5)c(C)c4)CC3)cc2C)cc1. The first-order valence-corrected chi connectivity index (χ1v) is 17.8. The van der Waals surface area contributed by atoms with Gasteiger partial charge in [0, 0.05) is 51.3 Å². The summed E-state index contributed by atoms with van der Waals surface area (Å²) in [5.41, 5.74) is 8.80. The van der Waals surface area contributed by atoms with Crippen LogP contribution in [-0.4, -0.2) is 53.5 Å². The topological polar surface area (TPSA) is 64.1 Å². The van der Waals surface area contributed by atoms with E-state index in [9.17, 15) is 9.18 Å². The van der Waals surface area contributed by atoms with Crippen molar-refractivity contribution >= 4 is 12.0 Å². The number of benzene rings is 4. The van der Waals surface area contributed by atoms with E-state index in [2.05, 4.69) is 54.1 Å². The summed E-state index contributed by atoms with van der Waals surface area (Å²) < 4.78 is 31.0. The van der Waals surface area contributed by atoms with E-state index >= 15 is 0 Å². The van der Waals surface area contributed by atoms with Crippen LogP contribution in [0, 0.1) is 33.5 Å². The number of amides is 1. The molecule has 1 fully saturated rings. The van der Waals surface area contributed by atoms with Crippen molar-refractivity contribution in [1.29, 1.82) is 0 Å². The molecule has 4 aromatic carbocycles. The minimum atomic E-state index is -0.277. The van der Waals surface area contributed by atoms with Crippen LogP contribution in [0.3, 0.4) is 0 Å². The van der Waals surface area contributed by atoms with E-state index in [0.29, 0.717) is 37.9 Å². The Bertz CT molecular complexity index is 1960. The average Bonchev–Trinajstić information content (AvgIpc) is 3.14. The van der Waals surface area contributed by atoms with Crippen LogP contribution in [0.1, 0.15) is 44.5 Å². The third-order valence-corrected chi connectivity index (χ3v) is 9.29. The molecule has 0 unspecified atom stereocenters. The Morgan fingerprint density at radius 2 is 1.46 bits per heavy atom. The van der Waals surface area contributed by atoms with Crippen LogP contribution in [0.5, 0.6) is 23.1 Å². The molecule has 0 radical (unpaired) electrons. The summed E-state index contributed by atoms with van der Waals surface area (Å²) in [6.45, 7) is 13.1. The van der Waals surface area contributed by atoms with Gasteiger partial charge in [-0.3, -0.25) is 9.69 Å². The van der Waals surface area contributed by atoms with E-state index in [1.165, 1.54) is 34.4 Å². The Labute approximate surface area is 306 Å². The number of piperazine rings is 1. The van der Waals surface area contributed by atoms with Crippen molar-refractivity contribution in [3.63, 3.8) is 0 Å². The number of aryl methyl sites for hydroxylation is 4. The molecule has 1 aromatic heterocycles. The molecule has 6 rings (SSSR count). The Hall–Kier alpha value is -5.47. The van der Waals surface area contributed by atoms with E-state index in [1.807, 2.05) is 49.1 Å². The van der Waals surface area contributed by atoms with Gasteiger partial charge < -0.3 is 19.1 Å². The maximum absolute atomic E-state index is 13.1. The van der Waals surface area contributed by atoms with Crippen molar-refractivity contribution in [2.45, 2.75) is 47.3 Å². The fraction of sp³-hybridized carbons (Fsp3) is 0.273. The van der Waals surface area contributed by atoms with Gasteiger partial charge >= 0.3 is 0 Å². The van der Waals surface area contributed by atoms with Crippen LogP contribution in [0.2, 0.25) is 0 Å². The molecule has 0 N–H and O–H groups in total. The maximum atomic E-state index is 13.1. The van der Waals surface area contributed by atoms with Gasteiger partial charge in [-0.15, -0.1) is 0 Å². The molecule has 268 valence electrons. The summed E-state index contributed by atoms with van der Waals surface area (Å²) in [4.78, 5) is 21.8. The molecular formula is C44H46FN3O4. The van der Waals surface area contributed by atoms with E-state index in [1.54, 1.807) is 36.5 Å². The normalized spacial score (nSPS) is 13.4. The highest BCUT2D eigenvalue weighted by atomic mass is 19.1. The standard InChI is InChI=1S/C44H46FN3O4/c1-31-5-14-40(15-6-31)50-24-19-38-11-7-37(25-32(38)2)29-47-20-22-48(23-21-47)43(49)18-10-36-26-33(3)44(34(4)27-36)52-42-17-16-41(28-46-42)51-30-35-8-12-39(45)13-9-35/h5-18,25-28H,19-24,29-30H2,1-4H3. The fourth-order valence-corrected chi connectivity index (χ4v) is 6.31. The summed E-state index contributed by atoms with van der Waals surface area (Å²) >= 11 is 0. The quantitative estimate of drug-likeness (QED) is 0.115. The van der Waals surface area contributed by atoms with Gasteiger partial charge in [-0.2, -0.15) is 0 Å². The number of carbonyl (C=O) groups is 1. The van der Waals surface area contributed by atoms with Crippen molar-refractivity contribution in [2.75, 3.05) is 32.8 Å². The zero-order valence-electron chi connectivity index (χ0n) is 30.4. The number of carbonyl (C=O) groups excluding carboxylic acids is 1. The van der Waals surface area contributed by atoms with Gasteiger partial charge in [0.25, 0.3) is 0 Å². The number of nitrogens with zero attached hydrogens (tertiary/aromatic N) is 3. The molecule has 7 nitrogen and oxygen atoms in total. The minimum absolute atomic E-state index is 0.0225. The number of ether oxygens (including phenoxy) is 3. The van der Waals surface area contributed by atoms with Crippen LogP contribution in [0.4, 0.5) is 4.39 Å². The van der Waals surface area contributed by atoms with Crippen molar-refractivity contribution in [1.82, 2.24) is 14.8 Å². The lowest BCUT2D eigenvalue weighted by Crippen LogP contribution is -2.47. The highest BCUT2D eigenvalue weighted by molar-refractivity contribution is 5.92. The largest absolute Gasteiger partial charge is 0.493 e. The smallest absolute Gasteiger partial charge is 0.246 e. The van der Waals surface area contributed by atoms with E-state index < -0.39 is 0 Å². The lowest BCUT2D eigenvalue weighted by Gasteiger charge is -2.34. The summed E-state index contributed by atoms with van der Waals surface area (Å²) in [5.74, 6) is 2.42. The molecule has 8 heteroatoms. The van der Waals surface area contributed by atoms with Gasteiger partial charge in [-0.1, -0.05) is 48.0 Å². The van der Waals surface area contributed by atoms with Crippen LogP contribution in [0.25, 0.3) is 6.08 Å². The summed E-state index contributed by atoms with van der Waals surface area (Å²) in [5, 5.41) is 0. The average molecular weight is 700 g/mol. The van der Waals surface area contributed by atoms with E-state index in [0.717, 1.165) is 59.8 Å². The Kier molecular flexibility index (Phi) is 12.0. The van der Waals surface area contributed by atoms with Gasteiger partial charge in [0.1, 0.15) is 29.7 Å². The highest BCUT2D eigenvalue weighted by Gasteiger charge is 2.20.